The van der Waals surface area contributed by atoms with Gasteiger partial charge >= 0.3 is 6.18 Å². The number of benzene rings is 1. The van der Waals surface area contributed by atoms with E-state index in [1.165, 1.54) is 22.8 Å². The minimum absolute atomic E-state index is 0.134. The normalized spacial score (nSPS) is 20.8. The highest BCUT2D eigenvalue weighted by Crippen LogP contribution is 2.41. The van der Waals surface area contributed by atoms with Crippen LogP contribution >= 0.6 is 0 Å². The second kappa shape index (κ2) is 8.61. The number of halogens is 4. The standard InChI is InChI=1S/C26H29F4N3O3/c1-24(2)15-33-19(22(34)26(28,29)30)6-8-21(33)25(31-24)9-11-32(12-10-25)23(35)17-5-7-20(18(27)13-17)36-14-16-3-4-16/h5-8,13,16,31H,3-4,9-12,14-15H2,1-2H3. The van der Waals surface area contributed by atoms with Gasteiger partial charge in [-0.2, -0.15) is 13.2 Å². The number of fused-ring (bicyclic) bond motifs is 2. The number of likely N-dealkylation sites (tertiary alicyclic amines) is 1. The Balaban J connectivity index is 1.33. The van der Waals surface area contributed by atoms with Crippen LogP contribution in [0.15, 0.2) is 30.3 Å². The van der Waals surface area contributed by atoms with Crippen molar-refractivity contribution in [3.63, 3.8) is 0 Å². The number of ketones is 1. The third-order valence-electron chi connectivity index (χ3n) is 7.35. The lowest BCUT2D eigenvalue weighted by atomic mass is 9.79. The number of carbonyl (C=O) groups excluding carboxylic acids is 2. The Morgan fingerprint density at radius 1 is 1.11 bits per heavy atom. The van der Waals surface area contributed by atoms with E-state index in [1.807, 2.05) is 13.8 Å². The molecule has 3 heterocycles. The number of hydrogen-bond acceptors (Lipinski definition) is 4. The van der Waals surface area contributed by atoms with E-state index in [9.17, 15) is 27.2 Å². The molecule has 1 aromatic carbocycles. The molecular formula is C26H29F4N3O3. The Kier molecular flexibility index (Phi) is 5.93. The number of amides is 1. The SMILES string of the molecule is CC1(C)Cn2c(C(=O)C(F)(F)F)ccc2C2(CCN(C(=O)c3ccc(OCC4CC4)c(F)c3)CC2)N1. The summed E-state index contributed by atoms with van der Waals surface area (Å²) in [4.78, 5) is 26.8. The van der Waals surface area contributed by atoms with Crippen LogP contribution in [0.1, 0.15) is 66.1 Å². The summed E-state index contributed by atoms with van der Waals surface area (Å²) in [5, 5.41) is 3.57. The van der Waals surface area contributed by atoms with Crippen molar-refractivity contribution in [3.05, 3.63) is 53.1 Å². The van der Waals surface area contributed by atoms with Gasteiger partial charge in [0.1, 0.15) is 0 Å². The highest BCUT2D eigenvalue weighted by molar-refractivity contribution is 5.99. The number of Topliss-reactive ketones (excluding diaryl/α,β-unsaturated/α-hetero) is 1. The zero-order valence-corrected chi connectivity index (χ0v) is 20.3. The molecule has 0 atom stereocenters. The van der Waals surface area contributed by atoms with Gasteiger partial charge in [-0.05, 0) is 75.8 Å². The Morgan fingerprint density at radius 3 is 2.42 bits per heavy atom. The maximum atomic E-state index is 14.5. The number of nitrogens with one attached hydrogen (secondary N) is 1. The average molecular weight is 508 g/mol. The van der Waals surface area contributed by atoms with Gasteiger partial charge in [-0.25, -0.2) is 4.39 Å². The molecular weight excluding hydrogens is 478 g/mol. The van der Waals surface area contributed by atoms with E-state index in [0.29, 0.717) is 44.1 Å². The molecule has 1 saturated carbocycles. The van der Waals surface area contributed by atoms with Crippen LogP contribution in [0.3, 0.4) is 0 Å². The molecule has 1 aliphatic carbocycles. The van der Waals surface area contributed by atoms with Crippen molar-refractivity contribution in [3.8, 4) is 5.75 Å². The van der Waals surface area contributed by atoms with Gasteiger partial charge in [0.25, 0.3) is 11.7 Å². The van der Waals surface area contributed by atoms with Crippen LogP contribution in [0.25, 0.3) is 0 Å². The van der Waals surface area contributed by atoms with Gasteiger partial charge in [-0.3, -0.25) is 14.9 Å². The molecule has 1 saturated heterocycles. The first-order valence-electron chi connectivity index (χ1n) is 12.2. The van der Waals surface area contributed by atoms with Crippen molar-refractivity contribution < 1.29 is 31.9 Å². The topological polar surface area (TPSA) is 63.6 Å². The van der Waals surface area contributed by atoms with Gasteiger partial charge in [0.15, 0.2) is 11.6 Å². The maximum absolute atomic E-state index is 14.5. The zero-order chi connectivity index (χ0) is 25.9. The molecule has 0 unspecified atom stereocenters. The van der Waals surface area contributed by atoms with Crippen LogP contribution in [0.4, 0.5) is 17.6 Å². The number of aromatic nitrogens is 1. The summed E-state index contributed by atoms with van der Waals surface area (Å²) in [6.45, 7) is 5.11. The lowest BCUT2D eigenvalue weighted by molar-refractivity contribution is -0.0892. The van der Waals surface area contributed by atoms with Gasteiger partial charge in [0, 0.05) is 36.4 Å². The maximum Gasteiger partial charge on any atom is 0.456 e. The number of piperidine rings is 1. The summed E-state index contributed by atoms with van der Waals surface area (Å²) >= 11 is 0. The fraction of sp³-hybridized carbons (Fsp3) is 0.538. The average Bonchev–Trinajstić information content (AvgIpc) is 3.54. The van der Waals surface area contributed by atoms with E-state index in [-0.39, 0.29) is 29.5 Å². The van der Waals surface area contributed by atoms with E-state index < -0.39 is 28.9 Å². The summed E-state index contributed by atoms with van der Waals surface area (Å²) in [5.41, 5.74) is -0.790. The summed E-state index contributed by atoms with van der Waals surface area (Å²) in [7, 11) is 0. The number of hydrogen-bond donors (Lipinski definition) is 1. The van der Waals surface area contributed by atoms with Crippen LogP contribution in [-0.4, -0.2) is 52.6 Å². The molecule has 1 aromatic heterocycles. The van der Waals surface area contributed by atoms with Gasteiger partial charge in [-0.1, -0.05) is 0 Å². The molecule has 0 bridgehead atoms. The van der Waals surface area contributed by atoms with Crippen LogP contribution in [-0.2, 0) is 12.1 Å². The van der Waals surface area contributed by atoms with E-state index in [0.717, 1.165) is 12.8 Å². The Morgan fingerprint density at radius 2 is 1.81 bits per heavy atom. The number of alkyl halides is 3. The van der Waals surface area contributed by atoms with Gasteiger partial charge in [-0.15, -0.1) is 0 Å². The van der Waals surface area contributed by atoms with Crippen LogP contribution in [0.2, 0.25) is 0 Å². The first-order chi connectivity index (χ1) is 16.9. The molecule has 5 rings (SSSR count). The molecule has 0 radical (unpaired) electrons. The smallest absolute Gasteiger partial charge is 0.456 e. The Bertz CT molecular complexity index is 1190. The summed E-state index contributed by atoms with van der Waals surface area (Å²) in [5.74, 6) is -2.13. The fourth-order valence-electron chi connectivity index (χ4n) is 5.44. The molecule has 1 amide bonds. The van der Waals surface area contributed by atoms with Crippen LogP contribution < -0.4 is 10.1 Å². The van der Waals surface area contributed by atoms with Crippen LogP contribution in [0, 0.1) is 11.7 Å². The third kappa shape index (κ3) is 4.63. The van der Waals surface area contributed by atoms with E-state index in [2.05, 4.69) is 5.32 Å². The minimum atomic E-state index is -4.96. The molecule has 2 aromatic rings. The molecule has 1 N–H and O–H groups in total. The minimum Gasteiger partial charge on any atom is -0.490 e. The number of nitrogens with zero attached hydrogens (tertiary/aromatic N) is 2. The summed E-state index contributed by atoms with van der Waals surface area (Å²) in [6.07, 6.45) is -1.90. The highest BCUT2D eigenvalue weighted by Gasteiger charge is 2.49. The monoisotopic (exact) mass is 507 g/mol. The first-order valence-corrected chi connectivity index (χ1v) is 12.2. The molecule has 2 fully saturated rings. The molecule has 3 aliphatic rings. The highest BCUT2D eigenvalue weighted by atomic mass is 19.4. The largest absolute Gasteiger partial charge is 0.490 e. The van der Waals surface area contributed by atoms with Crippen molar-refractivity contribution >= 4 is 11.7 Å². The molecule has 10 heteroatoms. The fourth-order valence-corrected chi connectivity index (χ4v) is 5.44. The summed E-state index contributed by atoms with van der Waals surface area (Å²) in [6, 6.07) is 7.04. The zero-order valence-electron chi connectivity index (χ0n) is 20.3. The Labute approximate surface area is 206 Å². The van der Waals surface area contributed by atoms with Crippen molar-refractivity contribution in [1.29, 1.82) is 0 Å². The van der Waals surface area contributed by atoms with Crippen molar-refractivity contribution in [2.75, 3.05) is 19.7 Å². The predicted molar refractivity (Wildman–Crippen MR) is 123 cm³/mol. The molecule has 6 nitrogen and oxygen atoms in total. The van der Waals surface area contributed by atoms with Gasteiger partial charge < -0.3 is 14.2 Å². The Hall–Kier alpha value is -2.88. The number of rotatable bonds is 5. The molecule has 1 spiro atoms. The first kappa shape index (κ1) is 24.8. The molecule has 36 heavy (non-hydrogen) atoms. The van der Waals surface area contributed by atoms with E-state index >= 15 is 0 Å². The van der Waals surface area contributed by atoms with Gasteiger partial charge in [0.2, 0.25) is 0 Å². The van der Waals surface area contributed by atoms with Gasteiger partial charge in [0.05, 0.1) is 17.8 Å². The van der Waals surface area contributed by atoms with E-state index in [1.54, 1.807) is 17.0 Å². The van der Waals surface area contributed by atoms with E-state index in [4.69, 9.17) is 4.74 Å². The second-order valence-electron chi connectivity index (χ2n) is 10.8. The molecule has 194 valence electrons. The number of carbonyl (C=O) groups is 2. The van der Waals surface area contributed by atoms with Crippen molar-refractivity contribution in [1.82, 2.24) is 14.8 Å². The second-order valence-corrected chi connectivity index (χ2v) is 10.8. The molecule has 2 aliphatic heterocycles. The van der Waals surface area contributed by atoms with Crippen LogP contribution in [0.5, 0.6) is 5.75 Å². The lowest BCUT2D eigenvalue weighted by Gasteiger charge is -2.51. The van der Waals surface area contributed by atoms with Crippen molar-refractivity contribution in [2.45, 2.75) is 63.3 Å². The lowest BCUT2D eigenvalue weighted by Crippen LogP contribution is -2.63. The summed E-state index contributed by atoms with van der Waals surface area (Å²) < 4.78 is 61.1. The number of ether oxygens (including phenoxy) is 1. The van der Waals surface area contributed by atoms with Crippen molar-refractivity contribution in [2.24, 2.45) is 5.92 Å². The quantitative estimate of drug-likeness (QED) is 0.472. The predicted octanol–water partition coefficient (Wildman–Crippen LogP) is 4.67. The third-order valence-corrected chi connectivity index (χ3v) is 7.35.